The maximum atomic E-state index is 8.45. The van der Waals surface area contributed by atoms with Crippen molar-refractivity contribution in [2.75, 3.05) is 6.61 Å². The minimum atomic E-state index is -2.13. The molecule has 0 fully saturated rings. The summed E-state index contributed by atoms with van der Waals surface area (Å²) in [5, 5.41) is 0. The van der Waals surface area contributed by atoms with Gasteiger partial charge in [0.15, 0.2) is 0 Å². The Kier molecular flexibility index (Phi) is 11.6. The van der Waals surface area contributed by atoms with E-state index < -0.39 is 8.60 Å². The molecule has 0 aliphatic carbocycles. The second kappa shape index (κ2) is 11.4. The van der Waals surface area contributed by atoms with Gasteiger partial charge in [0.05, 0.1) is 6.61 Å². The van der Waals surface area contributed by atoms with Crippen LogP contribution in [0.2, 0.25) is 0 Å². The highest BCUT2D eigenvalue weighted by atomic mass is 31.2. The molecule has 0 aromatic carbocycles. The van der Waals surface area contributed by atoms with Crippen LogP contribution in [0.3, 0.4) is 0 Å². The van der Waals surface area contributed by atoms with Crippen LogP contribution in [-0.2, 0) is 4.52 Å². The average Bonchev–Trinajstić information content (AvgIpc) is 2.15. The van der Waals surface area contributed by atoms with Gasteiger partial charge in [0.1, 0.15) is 0 Å². The van der Waals surface area contributed by atoms with E-state index in [1.54, 1.807) is 0 Å². The molecule has 0 aromatic heterocycles. The van der Waals surface area contributed by atoms with Crippen LogP contribution in [0.25, 0.3) is 0 Å². The summed E-state index contributed by atoms with van der Waals surface area (Å²) in [6.07, 6.45) is 9.94. The van der Waals surface area contributed by atoms with Gasteiger partial charge in [-0.05, 0) is 6.42 Å². The first-order chi connectivity index (χ1) is 6.77. The van der Waals surface area contributed by atoms with E-state index in [-0.39, 0.29) is 0 Å². The lowest BCUT2D eigenvalue weighted by molar-refractivity contribution is 0.248. The van der Waals surface area contributed by atoms with Gasteiger partial charge >= 0.3 is 8.60 Å². The molecule has 0 aliphatic rings. The predicted molar refractivity (Wildman–Crippen MR) is 59.9 cm³/mol. The highest BCUT2D eigenvalue weighted by Gasteiger charge is 1.97. The zero-order valence-electron chi connectivity index (χ0n) is 9.11. The average molecular weight is 222 g/mol. The van der Waals surface area contributed by atoms with Crippen molar-refractivity contribution >= 4 is 8.60 Å². The molecule has 14 heavy (non-hydrogen) atoms. The molecule has 86 valence electrons. The van der Waals surface area contributed by atoms with Crippen LogP contribution < -0.4 is 0 Å². The number of unbranched alkanes of at least 4 members (excludes halogenated alkanes) is 7. The van der Waals surface area contributed by atoms with Crippen molar-refractivity contribution in [1.82, 2.24) is 0 Å². The molecule has 0 aliphatic heterocycles. The summed E-state index contributed by atoms with van der Waals surface area (Å²) in [7, 11) is -2.13. The maximum Gasteiger partial charge on any atom is 0.327 e. The summed E-state index contributed by atoms with van der Waals surface area (Å²) in [5.41, 5.74) is 0. The van der Waals surface area contributed by atoms with E-state index in [4.69, 9.17) is 9.79 Å². The van der Waals surface area contributed by atoms with Gasteiger partial charge in [-0.25, -0.2) is 0 Å². The van der Waals surface area contributed by atoms with Crippen molar-refractivity contribution in [3.05, 3.63) is 0 Å². The van der Waals surface area contributed by atoms with Crippen molar-refractivity contribution in [1.29, 1.82) is 0 Å². The van der Waals surface area contributed by atoms with Gasteiger partial charge in [0.25, 0.3) is 0 Å². The van der Waals surface area contributed by atoms with Gasteiger partial charge in [0.2, 0.25) is 0 Å². The molecule has 0 spiro atoms. The summed E-state index contributed by atoms with van der Waals surface area (Å²) in [4.78, 5) is 16.9. The minimum Gasteiger partial charge on any atom is -0.328 e. The molecule has 0 unspecified atom stereocenters. The SMILES string of the molecule is CCCCCCCCCCOP(O)O. The summed E-state index contributed by atoms with van der Waals surface area (Å²) in [6, 6.07) is 0. The molecule has 0 amide bonds. The van der Waals surface area contributed by atoms with Gasteiger partial charge in [-0.1, -0.05) is 51.9 Å². The zero-order valence-corrected chi connectivity index (χ0v) is 10.0. The number of rotatable bonds is 10. The van der Waals surface area contributed by atoms with Crippen molar-refractivity contribution in [3.63, 3.8) is 0 Å². The number of hydrogen-bond acceptors (Lipinski definition) is 3. The van der Waals surface area contributed by atoms with Crippen molar-refractivity contribution in [2.45, 2.75) is 58.3 Å². The van der Waals surface area contributed by atoms with Gasteiger partial charge in [-0.3, -0.25) is 0 Å². The minimum absolute atomic E-state index is 0.480. The van der Waals surface area contributed by atoms with Gasteiger partial charge < -0.3 is 14.3 Å². The van der Waals surface area contributed by atoms with Crippen LogP contribution in [0.4, 0.5) is 0 Å². The van der Waals surface area contributed by atoms with Crippen LogP contribution >= 0.6 is 8.60 Å². The van der Waals surface area contributed by atoms with Crippen LogP contribution in [-0.4, -0.2) is 16.4 Å². The summed E-state index contributed by atoms with van der Waals surface area (Å²) >= 11 is 0. The topological polar surface area (TPSA) is 49.7 Å². The van der Waals surface area contributed by atoms with E-state index >= 15 is 0 Å². The summed E-state index contributed by atoms with van der Waals surface area (Å²) in [6.45, 7) is 2.70. The van der Waals surface area contributed by atoms with Crippen LogP contribution in [0.15, 0.2) is 0 Å². The molecule has 2 N–H and O–H groups in total. The van der Waals surface area contributed by atoms with Crippen LogP contribution in [0.1, 0.15) is 58.3 Å². The lowest BCUT2D eigenvalue weighted by Crippen LogP contribution is -1.89. The fraction of sp³-hybridized carbons (Fsp3) is 1.00. The highest BCUT2D eigenvalue weighted by molar-refractivity contribution is 7.39. The predicted octanol–water partition coefficient (Wildman–Crippen LogP) is 3.36. The van der Waals surface area contributed by atoms with E-state index in [2.05, 4.69) is 11.4 Å². The molecular formula is C10H23O3P. The molecule has 0 atom stereocenters. The monoisotopic (exact) mass is 222 g/mol. The lowest BCUT2D eigenvalue weighted by atomic mass is 10.1. The fourth-order valence-corrected chi connectivity index (χ4v) is 1.67. The highest BCUT2D eigenvalue weighted by Crippen LogP contribution is 2.24. The molecular weight excluding hydrogens is 199 g/mol. The summed E-state index contributed by atoms with van der Waals surface area (Å²) in [5.74, 6) is 0. The Morgan fingerprint density at radius 2 is 1.36 bits per heavy atom. The Morgan fingerprint density at radius 1 is 0.857 bits per heavy atom. The molecule has 0 aromatic rings. The quantitative estimate of drug-likeness (QED) is 0.440. The Bertz CT molecular complexity index is 110. The van der Waals surface area contributed by atoms with Crippen molar-refractivity contribution in [2.24, 2.45) is 0 Å². The van der Waals surface area contributed by atoms with Crippen molar-refractivity contribution in [3.8, 4) is 0 Å². The van der Waals surface area contributed by atoms with E-state index in [1.165, 1.54) is 38.5 Å². The molecule has 0 rings (SSSR count). The number of hydrogen-bond donors (Lipinski definition) is 2. The van der Waals surface area contributed by atoms with Gasteiger partial charge in [0, 0.05) is 0 Å². The standard InChI is InChI=1S/C10H23O3P/c1-2-3-4-5-6-7-8-9-10-13-14(11)12/h11-12H,2-10H2,1H3. The first-order valence-electron chi connectivity index (χ1n) is 5.58. The third-order valence-electron chi connectivity index (χ3n) is 2.20. The molecule has 0 bridgehead atoms. The first-order valence-corrected chi connectivity index (χ1v) is 6.74. The van der Waals surface area contributed by atoms with Crippen molar-refractivity contribution < 1.29 is 14.3 Å². The Morgan fingerprint density at radius 3 is 1.86 bits per heavy atom. The second-order valence-corrected chi connectivity index (χ2v) is 4.32. The Hall–Kier alpha value is 0.310. The normalized spacial score (nSPS) is 11.1. The first kappa shape index (κ1) is 14.3. The third kappa shape index (κ3) is 12.3. The molecule has 0 saturated carbocycles. The van der Waals surface area contributed by atoms with Crippen LogP contribution in [0.5, 0.6) is 0 Å². The smallest absolute Gasteiger partial charge is 0.327 e. The molecule has 0 heterocycles. The van der Waals surface area contributed by atoms with Crippen LogP contribution in [0, 0.1) is 0 Å². The van der Waals surface area contributed by atoms with Gasteiger partial charge in [-0.15, -0.1) is 0 Å². The molecule has 0 saturated heterocycles. The fourth-order valence-electron chi connectivity index (χ4n) is 1.38. The second-order valence-electron chi connectivity index (χ2n) is 3.56. The van der Waals surface area contributed by atoms with E-state index in [0.717, 1.165) is 12.8 Å². The van der Waals surface area contributed by atoms with Gasteiger partial charge in [-0.2, -0.15) is 0 Å². The largest absolute Gasteiger partial charge is 0.328 e. The molecule has 0 radical (unpaired) electrons. The zero-order chi connectivity index (χ0) is 10.6. The Balaban J connectivity index is 2.85. The maximum absolute atomic E-state index is 8.45. The van der Waals surface area contributed by atoms with E-state index in [9.17, 15) is 0 Å². The van der Waals surface area contributed by atoms with E-state index in [1.807, 2.05) is 0 Å². The summed E-state index contributed by atoms with van der Waals surface area (Å²) < 4.78 is 4.66. The molecule has 3 nitrogen and oxygen atoms in total. The Labute approximate surface area is 88.5 Å². The lowest BCUT2D eigenvalue weighted by Gasteiger charge is -2.03. The third-order valence-corrected chi connectivity index (χ3v) is 2.62. The molecule has 4 heteroatoms. The van der Waals surface area contributed by atoms with E-state index in [0.29, 0.717) is 6.61 Å².